The molecule has 144 valence electrons. The van der Waals surface area contributed by atoms with Crippen molar-refractivity contribution in [3.63, 3.8) is 0 Å². The fourth-order valence-electron chi connectivity index (χ4n) is 4.40. The number of likely N-dealkylation sites (tertiary alicyclic amines) is 1. The number of hydrogen-bond acceptors (Lipinski definition) is 4. The molecule has 2 aromatic rings. The van der Waals surface area contributed by atoms with Crippen LogP contribution in [0.4, 0.5) is 0 Å². The monoisotopic (exact) mass is 367 g/mol. The summed E-state index contributed by atoms with van der Waals surface area (Å²) in [6, 6.07) is 13.2. The lowest BCUT2D eigenvalue weighted by molar-refractivity contribution is 0.0847. The van der Waals surface area contributed by atoms with E-state index < -0.39 is 0 Å². The van der Waals surface area contributed by atoms with E-state index in [2.05, 4.69) is 34.5 Å². The van der Waals surface area contributed by atoms with Gasteiger partial charge in [0, 0.05) is 18.6 Å². The van der Waals surface area contributed by atoms with Crippen LogP contribution in [0.25, 0.3) is 0 Å². The normalized spacial score (nSPS) is 20.8. The third kappa shape index (κ3) is 4.25. The topological polar surface area (TPSA) is 48.7 Å². The molecular weight excluding hydrogens is 338 g/mol. The summed E-state index contributed by atoms with van der Waals surface area (Å²) in [4.78, 5) is 17.2. The lowest BCUT2D eigenvalue weighted by Crippen LogP contribution is -2.51. The Labute approximate surface area is 161 Å². The predicted molar refractivity (Wildman–Crippen MR) is 106 cm³/mol. The largest absolute Gasteiger partial charge is 0.455 e. The second kappa shape index (κ2) is 7.87. The Kier molecular flexibility index (Phi) is 5.32. The Morgan fingerprint density at radius 3 is 2.63 bits per heavy atom. The molecule has 1 fully saturated rings. The van der Waals surface area contributed by atoms with Gasteiger partial charge in [-0.3, -0.25) is 9.69 Å². The van der Waals surface area contributed by atoms with Gasteiger partial charge in [-0.1, -0.05) is 24.3 Å². The van der Waals surface area contributed by atoms with Gasteiger partial charge in [-0.25, -0.2) is 0 Å². The molecule has 1 saturated heterocycles. The maximum Gasteiger partial charge on any atom is 0.287 e. The van der Waals surface area contributed by atoms with E-state index in [1.165, 1.54) is 11.1 Å². The van der Waals surface area contributed by atoms with Gasteiger partial charge in [0.15, 0.2) is 5.76 Å². The first-order valence-electron chi connectivity index (χ1n) is 9.93. The van der Waals surface area contributed by atoms with Crippen molar-refractivity contribution in [1.29, 1.82) is 0 Å². The van der Waals surface area contributed by atoms with E-state index in [4.69, 9.17) is 4.42 Å². The third-order valence-corrected chi connectivity index (χ3v) is 5.69. The summed E-state index contributed by atoms with van der Waals surface area (Å²) in [7, 11) is 3.97. The van der Waals surface area contributed by atoms with Gasteiger partial charge in [0.25, 0.3) is 5.91 Å². The highest BCUT2D eigenvalue weighted by Gasteiger charge is 2.31. The molecule has 5 heteroatoms. The van der Waals surface area contributed by atoms with E-state index in [-0.39, 0.29) is 11.9 Å². The van der Waals surface area contributed by atoms with Crippen molar-refractivity contribution in [2.24, 2.45) is 0 Å². The molecule has 1 amide bonds. The van der Waals surface area contributed by atoms with Crippen LogP contribution in [0.1, 0.15) is 40.3 Å². The Morgan fingerprint density at radius 2 is 1.93 bits per heavy atom. The van der Waals surface area contributed by atoms with Crippen molar-refractivity contribution in [3.8, 4) is 0 Å². The minimum absolute atomic E-state index is 0.0958. The van der Waals surface area contributed by atoms with Crippen LogP contribution in [-0.2, 0) is 19.4 Å². The summed E-state index contributed by atoms with van der Waals surface area (Å²) >= 11 is 0. The van der Waals surface area contributed by atoms with Crippen molar-refractivity contribution >= 4 is 5.91 Å². The number of rotatable bonds is 5. The Hall–Kier alpha value is -2.11. The first-order chi connectivity index (χ1) is 13.1. The Morgan fingerprint density at radius 1 is 1.19 bits per heavy atom. The second-order valence-corrected chi connectivity index (χ2v) is 8.14. The summed E-state index contributed by atoms with van der Waals surface area (Å²) in [6.45, 7) is 2.75. The van der Waals surface area contributed by atoms with Crippen LogP contribution in [0.2, 0.25) is 0 Å². The van der Waals surface area contributed by atoms with Crippen molar-refractivity contribution in [1.82, 2.24) is 15.1 Å². The zero-order valence-electron chi connectivity index (χ0n) is 16.3. The fraction of sp³-hybridized carbons (Fsp3) is 0.500. The van der Waals surface area contributed by atoms with Crippen LogP contribution < -0.4 is 5.32 Å². The van der Waals surface area contributed by atoms with Gasteiger partial charge in [0.2, 0.25) is 0 Å². The molecule has 27 heavy (non-hydrogen) atoms. The molecular formula is C22H29N3O2. The van der Waals surface area contributed by atoms with Crippen LogP contribution >= 0.6 is 0 Å². The van der Waals surface area contributed by atoms with E-state index in [0.717, 1.165) is 44.5 Å². The number of piperidine rings is 1. The maximum atomic E-state index is 12.6. The van der Waals surface area contributed by atoms with E-state index in [1.807, 2.05) is 25.1 Å². The van der Waals surface area contributed by atoms with Crippen LogP contribution in [0.3, 0.4) is 0 Å². The lowest BCUT2D eigenvalue weighted by Gasteiger charge is -2.37. The molecule has 1 N–H and O–H groups in total. The Bertz CT molecular complexity index is 773. The summed E-state index contributed by atoms with van der Waals surface area (Å²) < 4.78 is 5.70. The van der Waals surface area contributed by atoms with Crippen LogP contribution in [0.5, 0.6) is 0 Å². The molecule has 1 unspecified atom stereocenters. The van der Waals surface area contributed by atoms with Crippen LogP contribution in [0.15, 0.2) is 40.8 Å². The summed E-state index contributed by atoms with van der Waals surface area (Å²) in [6.07, 6.45) is 4.42. The van der Waals surface area contributed by atoms with Gasteiger partial charge in [-0.05, 0) is 69.6 Å². The number of amides is 1. The number of hydrogen-bond donors (Lipinski definition) is 1. The highest BCUT2D eigenvalue weighted by atomic mass is 16.4. The van der Waals surface area contributed by atoms with Crippen LogP contribution in [0, 0.1) is 0 Å². The number of benzene rings is 1. The lowest BCUT2D eigenvalue weighted by atomic mass is 10.0. The first-order valence-corrected chi connectivity index (χ1v) is 9.93. The molecule has 2 heterocycles. The van der Waals surface area contributed by atoms with Crippen molar-refractivity contribution < 1.29 is 9.21 Å². The Balaban J connectivity index is 1.33. The maximum absolute atomic E-state index is 12.6. The quantitative estimate of drug-likeness (QED) is 0.883. The molecule has 1 aliphatic heterocycles. The SMILES string of the molecule is CN(C)Cc1ccc(C(=O)NC2CCCN(C3Cc4ccccc4C3)C2)o1. The number of nitrogens with zero attached hydrogens (tertiary/aromatic N) is 2. The summed E-state index contributed by atoms with van der Waals surface area (Å²) in [5.41, 5.74) is 2.97. The molecule has 0 saturated carbocycles. The van der Waals surface area contributed by atoms with Gasteiger partial charge in [0.05, 0.1) is 6.54 Å². The van der Waals surface area contributed by atoms with Gasteiger partial charge in [-0.15, -0.1) is 0 Å². The van der Waals surface area contributed by atoms with Gasteiger partial charge < -0.3 is 14.6 Å². The molecule has 0 radical (unpaired) electrons. The van der Waals surface area contributed by atoms with Gasteiger partial charge >= 0.3 is 0 Å². The summed E-state index contributed by atoms with van der Waals surface area (Å²) in [5, 5.41) is 3.19. The summed E-state index contributed by atoms with van der Waals surface area (Å²) in [5.74, 6) is 1.14. The second-order valence-electron chi connectivity index (χ2n) is 8.14. The van der Waals surface area contributed by atoms with Gasteiger partial charge in [0.1, 0.15) is 5.76 Å². The highest BCUT2D eigenvalue weighted by Crippen LogP contribution is 2.27. The highest BCUT2D eigenvalue weighted by molar-refractivity contribution is 5.91. The zero-order valence-corrected chi connectivity index (χ0v) is 16.3. The average Bonchev–Trinajstić information content (AvgIpc) is 3.28. The first kappa shape index (κ1) is 18.3. The fourth-order valence-corrected chi connectivity index (χ4v) is 4.40. The standard InChI is InChI=1S/C22H29N3O2/c1-24(2)15-20-9-10-21(27-20)22(26)23-18-8-5-11-25(14-18)19-12-16-6-3-4-7-17(16)13-19/h3-4,6-7,9-10,18-19H,5,8,11-15H2,1-2H3,(H,23,26). The minimum atomic E-state index is -0.0958. The molecule has 1 aromatic carbocycles. The molecule has 1 aliphatic carbocycles. The molecule has 1 atom stereocenters. The average molecular weight is 367 g/mol. The number of fused-ring (bicyclic) bond motifs is 1. The number of carbonyl (C=O) groups excluding carboxylic acids is 1. The molecule has 4 rings (SSSR count). The van der Waals surface area contributed by atoms with Gasteiger partial charge in [-0.2, -0.15) is 0 Å². The third-order valence-electron chi connectivity index (χ3n) is 5.69. The molecule has 5 nitrogen and oxygen atoms in total. The van der Waals surface area contributed by atoms with E-state index in [0.29, 0.717) is 18.3 Å². The molecule has 1 aromatic heterocycles. The van der Waals surface area contributed by atoms with E-state index in [1.54, 1.807) is 6.07 Å². The molecule has 0 bridgehead atoms. The molecule has 2 aliphatic rings. The van der Waals surface area contributed by atoms with Crippen molar-refractivity contribution in [3.05, 3.63) is 59.0 Å². The predicted octanol–water partition coefficient (Wildman–Crippen LogP) is 2.70. The zero-order chi connectivity index (χ0) is 18.8. The van der Waals surface area contributed by atoms with E-state index >= 15 is 0 Å². The van der Waals surface area contributed by atoms with Crippen LogP contribution in [-0.4, -0.2) is 55.0 Å². The number of furan rings is 1. The van der Waals surface area contributed by atoms with E-state index in [9.17, 15) is 4.79 Å². The molecule has 0 spiro atoms. The van der Waals surface area contributed by atoms with Crippen molar-refractivity contribution in [2.75, 3.05) is 27.2 Å². The van der Waals surface area contributed by atoms with Crippen molar-refractivity contribution in [2.45, 2.75) is 44.3 Å². The number of carbonyl (C=O) groups is 1. The number of nitrogens with one attached hydrogen (secondary N) is 1. The smallest absolute Gasteiger partial charge is 0.287 e. The minimum Gasteiger partial charge on any atom is -0.455 e.